The molecule has 1 aromatic rings. The van der Waals surface area contributed by atoms with Crippen LogP contribution in [0.1, 0.15) is 20.7 Å². The molecular weight excluding hydrogens is 221 g/mol. The van der Waals surface area contributed by atoms with Gasteiger partial charge in [0.15, 0.2) is 0 Å². The maximum absolute atomic E-state index is 11.2. The zero-order valence-electron chi connectivity index (χ0n) is 7.30. The first-order chi connectivity index (χ1) is 6.89. The molecule has 1 heterocycles. The number of fused-ring (bicyclic) bond motifs is 1. The summed E-state index contributed by atoms with van der Waals surface area (Å²) in [5, 5.41) is 1.76. The van der Waals surface area contributed by atoms with Crippen molar-refractivity contribution in [3.05, 3.63) is 29.3 Å². The zero-order chi connectivity index (χ0) is 11.2. The average Bonchev–Trinajstić information content (AvgIpc) is 2.41. The van der Waals surface area contributed by atoms with Crippen molar-refractivity contribution in [3.63, 3.8) is 0 Å². The van der Waals surface area contributed by atoms with Gasteiger partial charge in [-0.15, -0.1) is 0 Å². The van der Waals surface area contributed by atoms with Crippen LogP contribution in [0.2, 0.25) is 0 Å². The van der Waals surface area contributed by atoms with Crippen molar-refractivity contribution >= 4 is 24.7 Å². The normalized spacial score (nSPS) is 15.1. The molecule has 2 rings (SSSR count). The minimum absolute atomic E-state index is 0.000764. The summed E-state index contributed by atoms with van der Waals surface area (Å²) in [6, 6.07) is 3.40. The molecule has 0 saturated carbocycles. The predicted molar refractivity (Wildman–Crippen MR) is 49.9 cm³/mol. The van der Waals surface area contributed by atoms with Gasteiger partial charge in [-0.25, -0.2) is 0 Å². The Hall–Kier alpha value is -1.49. The highest BCUT2D eigenvalue weighted by Gasteiger charge is 2.29. The molecule has 0 aliphatic carbocycles. The molecule has 0 bridgehead atoms. The van der Waals surface area contributed by atoms with Crippen molar-refractivity contribution in [2.24, 2.45) is 0 Å². The number of imide groups is 1. The van der Waals surface area contributed by atoms with Gasteiger partial charge in [0, 0.05) is 0 Å². The molecule has 1 aliphatic heterocycles. The highest BCUT2D eigenvalue weighted by Crippen LogP contribution is 2.34. The molecule has 0 unspecified atom stereocenters. The van der Waals surface area contributed by atoms with E-state index in [4.69, 9.17) is 9.79 Å². The van der Waals surface area contributed by atoms with Crippen molar-refractivity contribution in [1.29, 1.82) is 0 Å². The number of hydrogen-bond acceptors (Lipinski definition) is 3. The van der Waals surface area contributed by atoms with Gasteiger partial charge in [0.05, 0.1) is 16.4 Å². The quantitative estimate of drug-likeness (QED) is 0.438. The molecule has 1 aromatic carbocycles. The maximum atomic E-state index is 11.2. The van der Waals surface area contributed by atoms with E-state index < -0.39 is 19.4 Å². The number of carbonyl (C=O) groups is 2. The third-order valence-electron chi connectivity index (χ3n) is 2.06. The lowest BCUT2D eigenvalue weighted by Crippen LogP contribution is -2.20. The summed E-state index contributed by atoms with van der Waals surface area (Å²) < 4.78 is 10.9. The SMILES string of the molecule is O=C1NC(=O)c2cc(P(=O)(O)O)ccc21. The Morgan fingerprint density at radius 1 is 1.07 bits per heavy atom. The van der Waals surface area contributed by atoms with Crippen molar-refractivity contribution in [2.75, 3.05) is 0 Å². The molecular formula is C8H6NO5P. The van der Waals surface area contributed by atoms with Gasteiger partial charge in [-0.1, -0.05) is 0 Å². The number of amides is 2. The summed E-state index contributed by atoms with van der Waals surface area (Å²) in [6.45, 7) is 0. The van der Waals surface area contributed by atoms with E-state index in [0.29, 0.717) is 0 Å². The minimum atomic E-state index is -4.39. The second-order valence-corrected chi connectivity index (χ2v) is 4.66. The lowest BCUT2D eigenvalue weighted by molar-refractivity contribution is 0.0879. The first-order valence-electron chi connectivity index (χ1n) is 3.95. The highest BCUT2D eigenvalue weighted by molar-refractivity contribution is 7.60. The number of nitrogens with one attached hydrogen (secondary N) is 1. The standard InChI is InChI=1S/C8H6NO5P/c10-7-5-2-1-4(15(12,13)14)3-6(5)8(11)9-7/h1-3H,(H,9,10,11)(H2,12,13,14). The van der Waals surface area contributed by atoms with Gasteiger partial charge in [0.25, 0.3) is 11.8 Å². The molecule has 0 atom stereocenters. The molecule has 0 fully saturated rings. The van der Waals surface area contributed by atoms with Crippen LogP contribution >= 0.6 is 7.60 Å². The Kier molecular flexibility index (Phi) is 2.01. The van der Waals surface area contributed by atoms with E-state index in [2.05, 4.69) is 0 Å². The summed E-state index contributed by atoms with van der Waals surface area (Å²) in [4.78, 5) is 40.0. The summed E-state index contributed by atoms with van der Waals surface area (Å²) in [6.07, 6.45) is 0. The Bertz CT molecular complexity index is 518. The second kappa shape index (κ2) is 3.00. The largest absolute Gasteiger partial charge is 0.356 e. The van der Waals surface area contributed by atoms with Crippen molar-refractivity contribution in [3.8, 4) is 0 Å². The van der Waals surface area contributed by atoms with Crippen LogP contribution in [-0.4, -0.2) is 21.6 Å². The highest BCUT2D eigenvalue weighted by atomic mass is 31.2. The van der Waals surface area contributed by atoms with Crippen LogP contribution in [0.25, 0.3) is 0 Å². The van der Waals surface area contributed by atoms with Crippen molar-refractivity contribution in [1.82, 2.24) is 5.32 Å². The smallest absolute Gasteiger partial charge is 0.321 e. The van der Waals surface area contributed by atoms with Crippen LogP contribution < -0.4 is 10.6 Å². The van der Waals surface area contributed by atoms with E-state index in [1.54, 1.807) is 0 Å². The Labute approximate surface area is 84.1 Å². The molecule has 0 saturated heterocycles. The summed E-state index contributed by atoms with van der Waals surface area (Å²) >= 11 is 0. The minimum Gasteiger partial charge on any atom is -0.321 e. The number of benzene rings is 1. The average molecular weight is 227 g/mol. The first kappa shape index (κ1) is 10.0. The van der Waals surface area contributed by atoms with Gasteiger partial charge >= 0.3 is 7.60 Å². The third-order valence-corrected chi connectivity index (χ3v) is 3.01. The fraction of sp³-hybridized carbons (Fsp3) is 0. The summed E-state index contributed by atoms with van der Waals surface area (Å²) in [5.74, 6) is -1.18. The molecule has 3 N–H and O–H groups in total. The van der Waals surface area contributed by atoms with E-state index in [-0.39, 0.29) is 16.4 Å². The fourth-order valence-electron chi connectivity index (χ4n) is 1.34. The Balaban J connectivity index is 2.62. The molecule has 2 amide bonds. The second-order valence-electron chi connectivity index (χ2n) is 3.06. The first-order valence-corrected chi connectivity index (χ1v) is 5.56. The molecule has 78 valence electrons. The molecule has 15 heavy (non-hydrogen) atoms. The van der Waals surface area contributed by atoms with Gasteiger partial charge in [0.1, 0.15) is 0 Å². The number of hydrogen-bond donors (Lipinski definition) is 3. The molecule has 7 heteroatoms. The van der Waals surface area contributed by atoms with Gasteiger partial charge in [-0.2, -0.15) is 0 Å². The van der Waals surface area contributed by atoms with Gasteiger partial charge in [-0.3, -0.25) is 19.5 Å². The van der Waals surface area contributed by atoms with E-state index >= 15 is 0 Å². The van der Waals surface area contributed by atoms with E-state index in [9.17, 15) is 14.2 Å². The van der Waals surface area contributed by atoms with E-state index in [0.717, 1.165) is 12.1 Å². The van der Waals surface area contributed by atoms with Gasteiger partial charge in [0.2, 0.25) is 0 Å². The van der Waals surface area contributed by atoms with Crippen LogP contribution in [-0.2, 0) is 4.57 Å². The molecule has 0 spiro atoms. The van der Waals surface area contributed by atoms with E-state index in [1.807, 2.05) is 5.32 Å². The Morgan fingerprint density at radius 2 is 1.67 bits per heavy atom. The van der Waals surface area contributed by atoms with Crippen LogP contribution in [0.5, 0.6) is 0 Å². The molecule has 6 nitrogen and oxygen atoms in total. The topological polar surface area (TPSA) is 104 Å². The molecule has 0 radical (unpaired) electrons. The lowest BCUT2D eigenvalue weighted by Gasteiger charge is -2.04. The lowest BCUT2D eigenvalue weighted by atomic mass is 10.1. The summed E-state index contributed by atoms with van der Waals surface area (Å²) in [5.41, 5.74) is 0.137. The molecule has 0 aromatic heterocycles. The van der Waals surface area contributed by atoms with E-state index in [1.165, 1.54) is 6.07 Å². The monoisotopic (exact) mass is 227 g/mol. The zero-order valence-corrected chi connectivity index (χ0v) is 8.19. The summed E-state index contributed by atoms with van der Waals surface area (Å²) in [7, 11) is -4.39. The van der Waals surface area contributed by atoms with Crippen molar-refractivity contribution < 1.29 is 23.9 Å². The van der Waals surface area contributed by atoms with Crippen LogP contribution in [0, 0.1) is 0 Å². The van der Waals surface area contributed by atoms with Crippen LogP contribution in [0.4, 0.5) is 0 Å². The van der Waals surface area contributed by atoms with Crippen molar-refractivity contribution in [2.45, 2.75) is 0 Å². The van der Waals surface area contributed by atoms with Gasteiger partial charge in [-0.05, 0) is 18.2 Å². The van der Waals surface area contributed by atoms with Gasteiger partial charge < -0.3 is 9.79 Å². The number of rotatable bonds is 1. The third kappa shape index (κ3) is 1.59. The number of carbonyl (C=O) groups excluding carboxylic acids is 2. The molecule has 1 aliphatic rings. The van der Waals surface area contributed by atoms with Crippen LogP contribution in [0.3, 0.4) is 0 Å². The van der Waals surface area contributed by atoms with Crippen LogP contribution in [0.15, 0.2) is 18.2 Å². The Morgan fingerprint density at radius 3 is 2.27 bits per heavy atom. The predicted octanol–water partition coefficient (Wildman–Crippen LogP) is -0.627. The fourth-order valence-corrected chi connectivity index (χ4v) is 1.90. The maximum Gasteiger partial charge on any atom is 0.356 e.